The summed E-state index contributed by atoms with van der Waals surface area (Å²) in [5.74, 6) is 0.850. The molecule has 4 N–H and O–H groups in total. The van der Waals surface area contributed by atoms with E-state index in [9.17, 15) is 0 Å². The molecule has 1 aromatic carbocycles. The van der Waals surface area contributed by atoms with Crippen LogP contribution in [0.3, 0.4) is 0 Å². The molecule has 0 aliphatic rings. The molecule has 5 heteroatoms. The molecule has 0 unspecified atom stereocenters. The number of aryl methyl sites for hydroxylation is 3. The van der Waals surface area contributed by atoms with Gasteiger partial charge in [-0.25, -0.2) is 4.98 Å². The molecule has 106 valence electrons. The van der Waals surface area contributed by atoms with Crippen molar-refractivity contribution in [3.63, 3.8) is 0 Å². The molecule has 0 saturated heterocycles. The average Bonchev–Trinajstić information content (AvgIpc) is 2.34. The lowest BCUT2D eigenvalue weighted by Crippen LogP contribution is -2.09. The molecule has 0 fully saturated rings. The van der Waals surface area contributed by atoms with E-state index < -0.39 is 0 Å². The minimum Gasteiger partial charge on any atom is -0.395 e. The third kappa shape index (κ3) is 3.05. The summed E-state index contributed by atoms with van der Waals surface area (Å²) in [6.45, 7) is 6.68. The van der Waals surface area contributed by atoms with Gasteiger partial charge >= 0.3 is 0 Å². The lowest BCUT2D eigenvalue weighted by atomic mass is 9.97. The first-order chi connectivity index (χ1) is 9.51. The van der Waals surface area contributed by atoms with Crippen molar-refractivity contribution in [1.29, 1.82) is 0 Å². The number of nitrogens with one attached hydrogen (secondary N) is 1. The molecule has 2 aromatic rings. The summed E-state index contributed by atoms with van der Waals surface area (Å²) in [4.78, 5) is 8.45. The van der Waals surface area contributed by atoms with Gasteiger partial charge in [-0.05, 0) is 31.9 Å². The number of anilines is 2. The van der Waals surface area contributed by atoms with E-state index in [4.69, 9.17) is 10.8 Å². The molecule has 5 nitrogen and oxygen atoms in total. The summed E-state index contributed by atoms with van der Waals surface area (Å²) < 4.78 is 0. The van der Waals surface area contributed by atoms with E-state index in [0.29, 0.717) is 12.4 Å². The van der Waals surface area contributed by atoms with Crippen molar-refractivity contribution in [3.8, 4) is 11.3 Å². The molecule has 1 heterocycles. The van der Waals surface area contributed by atoms with E-state index in [1.54, 1.807) is 0 Å². The standard InChI is InChI=1S/C15H20N4O/c1-9-6-10(2)14(11(3)7-9)12-8-13(17-4-5-20)19-15(16)18-12/h6-8,20H,4-5H2,1-3H3,(H3,16,17,18,19). The molecule has 0 aliphatic carbocycles. The molecule has 0 spiro atoms. The number of aliphatic hydroxyl groups excluding tert-OH is 1. The zero-order valence-electron chi connectivity index (χ0n) is 12.1. The Morgan fingerprint density at radius 1 is 1.10 bits per heavy atom. The number of rotatable bonds is 4. The highest BCUT2D eigenvalue weighted by molar-refractivity contribution is 5.71. The van der Waals surface area contributed by atoms with Crippen LogP contribution in [0.4, 0.5) is 11.8 Å². The van der Waals surface area contributed by atoms with Gasteiger partial charge in [-0.1, -0.05) is 17.7 Å². The van der Waals surface area contributed by atoms with Gasteiger partial charge in [-0.15, -0.1) is 0 Å². The quantitative estimate of drug-likeness (QED) is 0.793. The molecule has 1 aromatic heterocycles. The Kier molecular flexibility index (Phi) is 4.20. The van der Waals surface area contributed by atoms with Crippen molar-refractivity contribution >= 4 is 11.8 Å². The summed E-state index contributed by atoms with van der Waals surface area (Å²) in [7, 11) is 0. The molecule has 2 rings (SSSR count). The summed E-state index contributed by atoms with van der Waals surface area (Å²) in [5.41, 5.74) is 11.2. The molecule has 0 atom stereocenters. The van der Waals surface area contributed by atoms with Crippen LogP contribution in [-0.2, 0) is 0 Å². The van der Waals surface area contributed by atoms with Gasteiger partial charge in [-0.3, -0.25) is 0 Å². The SMILES string of the molecule is Cc1cc(C)c(-c2cc(NCCO)nc(N)n2)c(C)c1. The van der Waals surface area contributed by atoms with Crippen LogP contribution in [0, 0.1) is 20.8 Å². The van der Waals surface area contributed by atoms with Crippen molar-refractivity contribution < 1.29 is 5.11 Å². The largest absolute Gasteiger partial charge is 0.395 e. The van der Waals surface area contributed by atoms with E-state index in [0.717, 1.165) is 22.4 Å². The smallest absolute Gasteiger partial charge is 0.222 e. The number of hydrogen-bond donors (Lipinski definition) is 3. The Morgan fingerprint density at radius 3 is 2.35 bits per heavy atom. The number of aliphatic hydroxyl groups is 1. The zero-order valence-corrected chi connectivity index (χ0v) is 12.1. The second-order valence-corrected chi connectivity index (χ2v) is 4.92. The second-order valence-electron chi connectivity index (χ2n) is 4.92. The van der Waals surface area contributed by atoms with E-state index in [2.05, 4.69) is 48.2 Å². The van der Waals surface area contributed by atoms with Crippen LogP contribution in [-0.4, -0.2) is 28.2 Å². The van der Waals surface area contributed by atoms with Crippen LogP contribution in [0.5, 0.6) is 0 Å². The molecule has 0 aliphatic heterocycles. The molecule has 20 heavy (non-hydrogen) atoms. The Labute approximate surface area is 118 Å². The first kappa shape index (κ1) is 14.3. The van der Waals surface area contributed by atoms with Crippen molar-refractivity contribution in [3.05, 3.63) is 34.9 Å². The highest BCUT2D eigenvalue weighted by atomic mass is 16.3. The van der Waals surface area contributed by atoms with Crippen molar-refractivity contribution in [1.82, 2.24) is 9.97 Å². The highest BCUT2D eigenvalue weighted by Gasteiger charge is 2.10. The molecular formula is C15H20N4O. The number of hydrogen-bond acceptors (Lipinski definition) is 5. The Morgan fingerprint density at radius 2 is 1.75 bits per heavy atom. The van der Waals surface area contributed by atoms with Gasteiger partial charge in [-0.2, -0.15) is 4.98 Å². The first-order valence-corrected chi connectivity index (χ1v) is 6.58. The van der Waals surface area contributed by atoms with Crippen LogP contribution in [0.1, 0.15) is 16.7 Å². The van der Waals surface area contributed by atoms with Crippen molar-refractivity contribution in [2.45, 2.75) is 20.8 Å². The normalized spacial score (nSPS) is 10.6. The summed E-state index contributed by atoms with van der Waals surface area (Å²) in [6, 6.07) is 6.11. The van der Waals surface area contributed by atoms with Gasteiger partial charge in [0.2, 0.25) is 5.95 Å². The molecular weight excluding hydrogens is 252 g/mol. The van der Waals surface area contributed by atoms with E-state index in [1.165, 1.54) is 5.56 Å². The van der Waals surface area contributed by atoms with Crippen molar-refractivity contribution in [2.24, 2.45) is 0 Å². The fourth-order valence-corrected chi connectivity index (χ4v) is 2.45. The van der Waals surface area contributed by atoms with Gasteiger partial charge < -0.3 is 16.2 Å². The fraction of sp³-hybridized carbons (Fsp3) is 0.333. The summed E-state index contributed by atoms with van der Waals surface area (Å²) in [6.07, 6.45) is 0. The number of benzene rings is 1. The maximum atomic E-state index is 8.86. The van der Waals surface area contributed by atoms with Crippen LogP contribution in [0.2, 0.25) is 0 Å². The summed E-state index contributed by atoms with van der Waals surface area (Å²) >= 11 is 0. The van der Waals surface area contributed by atoms with Crippen LogP contribution < -0.4 is 11.1 Å². The fourth-order valence-electron chi connectivity index (χ4n) is 2.45. The zero-order chi connectivity index (χ0) is 14.7. The second kappa shape index (κ2) is 5.88. The number of aromatic nitrogens is 2. The van der Waals surface area contributed by atoms with E-state index >= 15 is 0 Å². The third-order valence-corrected chi connectivity index (χ3v) is 3.09. The monoisotopic (exact) mass is 272 g/mol. The number of nitrogen functional groups attached to an aromatic ring is 1. The minimum absolute atomic E-state index is 0.0435. The van der Waals surface area contributed by atoms with Crippen molar-refractivity contribution in [2.75, 3.05) is 24.2 Å². The highest BCUT2D eigenvalue weighted by Crippen LogP contribution is 2.28. The first-order valence-electron chi connectivity index (χ1n) is 6.58. The molecule has 0 saturated carbocycles. The summed E-state index contributed by atoms with van der Waals surface area (Å²) in [5, 5.41) is 11.9. The topological polar surface area (TPSA) is 84.1 Å². The predicted molar refractivity (Wildman–Crippen MR) is 81.7 cm³/mol. The third-order valence-electron chi connectivity index (χ3n) is 3.09. The van der Waals surface area contributed by atoms with Gasteiger partial charge in [0.15, 0.2) is 0 Å². The Balaban J connectivity index is 2.50. The number of nitrogens with zero attached hydrogens (tertiary/aromatic N) is 2. The van der Waals surface area contributed by atoms with Crippen LogP contribution in [0.15, 0.2) is 18.2 Å². The predicted octanol–water partition coefficient (Wildman–Crippen LogP) is 2.06. The van der Waals surface area contributed by atoms with Gasteiger partial charge in [0.05, 0.1) is 12.3 Å². The van der Waals surface area contributed by atoms with E-state index in [-0.39, 0.29) is 12.6 Å². The maximum Gasteiger partial charge on any atom is 0.222 e. The Bertz CT molecular complexity index is 602. The minimum atomic E-state index is 0.0435. The molecule has 0 bridgehead atoms. The number of nitrogens with two attached hydrogens (primary N) is 1. The molecule has 0 radical (unpaired) electrons. The van der Waals surface area contributed by atoms with Crippen LogP contribution in [0.25, 0.3) is 11.3 Å². The van der Waals surface area contributed by atoms with Gasteiger partial charge in [0.1, 0.15) is 5.82 Å². The Hall–Kier alpha value is -2.14. The lowest BCUT2D eigenvalue weighted by Gasteiger charge is -2.13. The van der Waals surface area contributed by atoms with Gasteiger partial charge in [0.25, 0.3) is 0 Å². The van der Waals surface area contributed by atoms with E-state index in [1.807, 2.05) is 6.07 Å². The average molecular weight is 272 g/mol. The molecule has 0 amide bonds. The maximum absolute atomic E-state index is 8.86. The van der Waals surface area contributed by atoms with Gasteiger partial charge in [0, 0.05) is 18.2 Å². The van der Waals surface area contributed by atoms with Crippen LogP contribution >= 0.6 is 0 Å². The lowest BCUT2D eigenvalue weighted by molar-refractivity contribution is 0.311.